The Balaban J connectivity index is 1.06. The predicted molar refractivity (Wildman–Crippen MR) is 216 cm³/mol. The zero-order valence-electron chi connectivity index (χ0n) is 31.9. The van der Waals surface area contributed by atoms with Crippen LogP contribution >= 0.6 is 0 Å². The second-order valence-electron chi connectivity index (χ2n) is 15.9. The first-order valence-electron chi connectivity index (χ1n) is 19.2. The predicted octanol–water partition coefficient (Wildman–Crippen LogP) is 6.92. The standard InChI is InChI=1S/C43H44FN5O7Si/c1-26-41(57(2,3)44)38(21-40(52)47-24-29-9-5-4-8-28(29)18-33(47)25-50)56-43(26)35-20-32(49(54)55)16-17-37(35)48(42(43)53)23-27-12-14-31(15-13-27)46-39(51)19-30-22-45-36-11-7-6-10-34(30)36/h4-17,20,22,26,33,38,41,45,50H,18-19,21,23-25H2,1-3H3,(H,46,51)/t26-,33-,38+,41-,43+/m0/s1. The summed E-state index contributed by atoms with van der Waals surface area (Å²) in [7, 11) is -3.67. The summed E-state index contributed by atoms with van der Waals surface area (Å²) in [5.74, 6) is -1.77. The fourth-order valence-electron chi connectivity index (χ4n) is 9.37. The number of fused-ring (bicyclic) bond motifs is 4. The number of H-pyrrole nitrogens is 1. The smallest absolute Gasteiger partial charge is 0.269 e. The quantitative estimate of drug-likeness (QED) is 0.0600. The van der Waals surface area contributed by atoms with Gasteiger partial charge in [-0.3, -0.25) is 24.5 Å². The van der Waals surface area contributed by atoms with Crippen molar-refractivity contribution >= 4 is 54.1 Å². The number of anilines is 2. The van der Waals surface area contributed by atoms with Crippen LogP contribution in [0.1, 0.15) is 41.2 Å². The van der Waals surface area contributed by atoms with Crippen LogP contribution in [0.25, 0.3) is 10.9 Å². The van der Waals surface area contributed by atoms with Crippen molar-refractivity contribution < 1.29 is 33.3 Å². The zero-order valence-corrected chi connectivity index (χ0v) is 32.9. The van der Waals surface area contributed by atoms with E-state index in [1.165, 1.54) is 36.2 Å². The third-order valence-corrected chi connectivity index (χ3v) is 14.5. The number of amides is 3. The van der Waals surface area contributed by atoms with Crippen molar-refractivity contribution in [2.75, 3.05) is 16.8 Å². The van der Waals surface area contributed by atoms with Crippen LogP contribution in [0.2, 0.25) is 18.6 Å². The van der Waals surface area contributed by atoms with Gasteiger partial charge in [0.25, 0.3) is 11.6 Å². The number of aromatic nitrogens is 1. The SMILES string of the molecule is C[C@H]1[C@H]([Si](C)(C)F)[C@@H](CC(=O)N2Cc3ccccc3C[C@H]2CO)O[C@]12C(=O)N(Cc1ccc(NC(=O)Cc3c[nH]c4ccccc34)cc1)c1ccc([N+](=O)[O-])cc12. The number of aromatic amines is 1. The van der Waals surface area contributed by atoms with Gasteiger partial charge in [0.1, 0.15) is 0 Å². The Morgan fingerprint density at radius 1 is 1.05 bits per heavy atom. The summed E-state index contributed by atoms with van der Waals surface area (Å²) in [4.78, 5) is 59.9. The number of aliphatic hydroxyl groups excluding tert-OH is 1. The molecule has 5 atom stereocenters. The number of non-ortho nitro benzene ring substituents is 1. The summed E-state index contributed by atoms with van der Waals surface area (Å²) >= 11 is 0. The van der Waals surface area contributed by atoms with Gasteiger partial charge in [-0.15, -0.1) is 0 Å². The Hall–Kier alpha value is -5.70. The van der Waals surface area contributed by atoms with Crippen molar-refractivity contribution in [2.45, 2.75) is 75.7 Å². The Kier molecular flexibility index (Phi) is 9.82. The molecule has 3 aliphatic heterocycles. The van der Waals surface area contributed by atoms with E-state index in [2.05, 4.69) is 10.3 Å². The number of nitro groups is 1. The maximum absolute atomic E-state index is 16.6. The number of rotatable bonds is 10. The number of hydrogen-bond donors (Lipinski definition) is 3. The number of carbonyl (C=O) groups is 3. The minimum Gasteiger partial charge on any atom is -0.394 e. The first-order valence-corrected chi connectivity index (χ1v) is 22.1. The van der Waals surface area contributed by atoms with E-state index in [1.807, 2.05) is 54.7 Å². The third-order valence-electron chi connectivity index (χ3n) is 12.0. The van der Waals surface area contributed by atoms with E-state index >= 15 is 4.11 Å². The normalized spacial score (nSPS) is 22.9. The number of benzene rings is 4. The molecule has 12 nitrogen and oxygen atoms in total. The monoisotopic (exact) mass is 789 g/mol. The number of nitrogens with one attached hydrogen (secondary N) is 2. The molecule has 5 aromatic rings. The van der Waals surface area contributed by atoms with Crippen LogP contribution in [0.3, 0.4) is 0 Å². The average Bonchev–Trinajstić information content (AvgIpc) is 3.81. The molecule has 14 heteroatoms. The Morgan fingerprint density at radius 2 is 1.77 bits per heavy atom. The van der Waals surface area contributed by atoms with Gasteiger partial charge in [0, 0.05) is 58.5 Å². The van der Waals surface area contributed by atoms with Crippen molar-refractivity contribution in [1.29, 1.82) is 0 Å². The van der Waals surface area contributed by atoms with Crippen molar-refractivity contribution in [2.24, 2.45) is 5.92 Å². The first kappa shape index (κ1) is 38.2. The minimum atomic E-state index is -3.67. The molecule has 3 aliphatic rings. The Morgan fingerprint density at radius 3 is 2.49 bits per heavy atom. The highest BCUT2D eigenvalue weighted by Gasteiger charge is 2.67. The van der Waals surface area contributed by atoms with Crippen LogP contribution < -0.4 is 10.2 Å². The summed E-state index contributed by atoms with van der Waals surface area (Å²) in [6, 6.07) is 26.3. The minimum absolute atomic E-state index is 0.0706. The summed E-state index contributed by atoms with van der Waals surface area (Å²) in [5, 5.41) is 26.3. The van der Waals surface area contributed by atoms with E-state index in [1.54, 1.807) is 36.1 Å². The van der Waals surface area contributed by atoms with Crippen molar-refractivity contribution in [3.8, 4) is 0 Å². The molecule has 1 aromatic heterocycles. The number of nitrogens with zero attached hydrogens (tertiary/aromatic N) is 3. The fourth-order valence-corrected chi connectivity index (χ4v) is 11.9. The lowest BCUT2D eigenvalue weighted by molar-refractivity contribution is -0.385. The molecular weight excluding hydrogens is 746 g/mol. The van der Waals surface area contributed by atoms with Gasteiger partial charge in [0.05, 0.1) is 48.7 Å². The highest BCUT2D eigenvalue weighted by molar-refractivity contribution is 6.72. The summed E-state index contributed by atoms with van der Waals surface area (Å²) in [5.41, 5.74) is 2.98. The Bertz CT molecular complexity index is 2400. The maximum atomic E-state index is 16.6. The van der Waals surface area contributed by atoms with E-state index < -0.39 is 48.4 Å². The Labute approximate surface area is 330 Å². The third kappa shape index (κ3) is 6.81. The molecule has 8 rings (SSSR count). The molecule has 1 fully saturated rings. The van der Waals surface area contributed by atoms with Gasteiger partial charge in [0.15, 0.2) is 5.60 Å². The second-order valence-corrected chi connectivity index (χ2v) is 19.7. The van der Waals surface area contributed by atoms with E-state index in [4.69, 9.17) is 4.74 Å². The number of para-hydroxylation sites is 1. The molecular formula is C43H44FN5O7Si. The lowest BCUT2D eigenvalue weighted by atomic mass is 9.82. The van der Waals surface area contributed by atoms with E-state index in [-0.39, 0.29) is 55.6 Å². The van der Waals surface area contributed by atoms with Gasteiger partial charge >= 0.3 is 0 Å². The largest absolute Gasteiger partial charge is 0.394 e. The molecule has 0 bridgehead atoms. The molecule has 0 unspecified atom stereocenters. The van der Waals surface area contributed by atoms with Crippen molar-refractivity contribution in [3.05, 3.63) is 135 Å². The first-order chi connectivity index (χ1) is 27.3. The van der Waals surface area contributed by atoms with Gasteiger partial charge < -0.3 is 34.1 Å². The second kappa shape index (κ2) is 14.7. The van der Waals surface area contributed by atoms with Gasteiger partial charge in [-0.25, -0.2) is 0 Å². The lowest BCUT2D eigenvalue weighted by Gasteiger charge is -2.37. The van der Waals surface area contributed by atoms with Crippen LogP contribution in [-0.2, 0) is 50.7 Å². The number of aliphatic hydroxyl groups is 1. The molecule has 0 aliphatic carbocycles. The van der Waals surface area contributed by atoms with Gasteiger partial charge in [0.2, 0.25) is 20.2 Å². The number of carbonyl (C=O) groups excluding carboxylic acids is 3. The van der Waals surface area contributed by atoms with Crippen molar-refractivity contribution in [3.63, 3.8) is 0 Å². The molecule has 1 spiro atoms. The van der Waals surface area contributed by atoms with Gasteiger partial charge in [-0.2, -0.15) is 0 Å². The lowest BCUT2D eigenvalue weighted by Crippen LogP contribution is -2.48. The zero-order chi connectivity index (χ0) is 40.2. The van der Waals surface area contributed by atoms with Crippen LogP contribution in [0.4, 0.5) is 21.2 Å². The highest BCUT2D eigenvalue weighted by Crippen LogP contribution is 2.60. The molecule has 57 heavy (non-hydrogen) atoms. The topological polar surface area (TPSA) is 158 Å². The van der Waals surface area contributed by atoms with Crippen LogP contribution in [0.15, 0.2) is 97.2 Å². The maximum Gasteiger partial charge on any atom is 0.269 e. The molecule has 1 saturated heterocycles. The molecule has 4 heterocycles. The van der Waals surface area contributed by atoms with E-state index in [0.29, 0.717) is 23.4 Å². The summed E-state index contributed by atoms with van der Waals surface area (Å²) < 4.78 is 23.3. The number of ether oxygens (including phenoxy) is 1. The van der Waals surface area contributed by atoms with Crippen molar-refractivity contribution in [1.82, 2.24) is 9.88 Å². The molecule has 3 N–H and O–H groups in total. The number of hydrogen-bond acceptors (Lipinski definition) is 7. The summed E-state index contributed by atoms with van der Waals surface area (Å²) in [6.45, 7) is 4.92. The van der Waals surface area contributed by atoms with E-state index in [9.17, 15) is 29.6 Å². The fraction of sp³-hybridized carbons (Fsp3) is 0.326. The van der Waals surface area contributed by atoms with Crippen LogP contribution in [-0.4, -0.2) is 64.8 Å². The molecule has 294 valence electrons. The van der Waals surface area contributed by atoms with Crippen LogP contribution in [0.5, 0.6) is 0 Å². The number of nitro benzene ring substituents is 1. The van der Waals surface area contributed by atoms with E-state index in [0.717, 1.165) is 27.6 Å². The molecule has 0 radical (unpaired) electrons. The molecule has 0 saturated carbocycles. The van der Waals surface area contributed by atoms with Gasteiger partial charge in [-0.1, -0.05) is 61.5 Å². The molecule has 4 aromatic carbocycles. The summed E-state index contributed by atoms with van der Waals surface area (Å²) in [6.07, 6.45) is 1.26. The van der Waals surface area contributed by atoms with Crippen LogP contribution in [0, 0.1) is 16.0 Å². The van der Waals surface area contributed by atoms with Gasteiger partial charge in [-0.05, 0) is 66.0 Å². The number of halogens is 1. The highest BCUT2D eigenvalue weighted by atomic mass is 28.4. The average molecular weight is 790 g/mol. The molecule has 3 amide bonds.